The maximum atomic E-state index is 14.5. The summed E-state index contributed by atoms with van der Waals surface area (Å²) in [5.74, 6) is -0.928. The van der Waals surface area contributed by atoms with Gasteiger partial charge >= 0.3 is 5.69 Å². The molecule has 1 aliphatic heterocycles. The van der Waals surface area contributed by atoms with Crippen LogP contribution >= 0.6 is 22.9 Å². The molecule has 208 valence electrons. The Morgan fingerprint density at radius 2 is 1.98 bits per heavy atom. The van der Waals surface area contributed by atoms with Crippen molar-refractivity contribution >= 4 is 44.1 Å². The summed E-state index contributed by atoms with van der Waals surface area (Å²) in [6.07, 6.45) is 7.94. The second-order valence-corrected chi connectivity index (χ2v) is 12.6. The van der Waals surface area contributed by atoms with Crippen molar-refractivity contribution in [2.24, 2.45) is 5.41 Å². The predicted octanol–water partition coefficient (Wildman–Crippen LogP) is 5.31. The Morgan fingerprint density at radius 3 is 2.73 bits per heavy atom. The molecule has 41 heavy (non-hydrogen) atoms. The lowest BCUT2D eigenvalue weighted by Crippen LogP contribution is -2.41. The van der Waals surface area contributed by atoms with Crippen LogP contribution in [0.15, 0.2) is 58.5 Å². The van der Waals surface area contributed by atoms with Crippen LogP contribution in [-0.4, -0.2) is 31.8 Å². The van der Waals surface area contributed by atoms with Gasteiger partial charge in [-0.05, 0) is 69.1 Å². The lowest BCUT2D eigenvalue weighted by atomic mass is 9.80. The SMILES string of the molecule is N#CC1(Cn2ccc3cc(Cl)cc(-c4ccnc5cc(Cn6c(=O)c(F)cn(C7CC7)c6=O)sc45)c32)CCNCC1. The number of nitriles is 1. The predicted molar refractivity (Wildman–Crippen MR) is 158 cm³/mol. The normalized spacial score (nSPS) is 16.8. The molecule has 7 rings (SSSR count). The summed E-state index contributed by atoms with van der Waals surface area (Å²) < 4.78 is 19.8. The fourth-order valence-electron chi connectivity index (χ4n) is 5.96. The van der Waals surface area contributed by atoms with Gasteiger partial charge in [-0.1, -0.05) is 11.6 Å². The summed E-state index contributed by atoms with van der Waals surface area (Å²) in [4.78, 5) is 30.9. The topological polar surface area (TPSA) is 97.6 Å². The molecule has 0 amide bonds. The van der Waals surface area contributed by atoms with Gasteiger partial charge in [0.05, 0.1) is 40.0 Å². The van der Waals surface area contributed by atoms with E-state index < -0.39 is 22.5 Å². The van der Waals surface area contributed by atoms with Crippen LogP contribution in [0.4, 0.5) is 4.39 Å². The van der Waals surface area contributed by atoms with Crippen molar-refractivity contribution in [3.63, 3.8) is 0 Å². The maximum Gasteiger partial charge on any atom is 0.331 e. The Labute approximate surface area is 243 Å². The van der Waals surface area contributed by atoms with Crippen molar-refractivity contribution in [2.75, 3.05) is 13.1 Å². The van der Waals surface area contributed by atoms with E-state index in [0.29, 0.717) is 17.1 Å². The molecule has 0 unspecified atom stereocenters. The third kappa shape index (κ3) is 4.58. The third-order valence-electron chi connectivity index (χ3n) is 8.26. The number of benzene rings is 1. The zero-order valence-electron chi connectivity index (χ0n) is 22.1. The minimum Gasteiger partial charge on any atom is -0.345 e. The van der Waals surface area contributed by atoms with Crippen molar-refractivity contribution in [2.45, 2.75) is 44.8 Å². The van der Waals surface area contributed by atoms with Crippen molar-refractivity contribution in [1.29, 1.82) is 5.26 Å². The van der Waals surface area contributed by atoms with Gasteiger partial charge in [-0.15, -0.1) is 11.3 Å². The number of hydrogen-bond donors (Lipinski definition) is 1. The lowest BCUT2D eigenvalue weighted by molar-refractivity contribution is 0.247. The van der Waals surface area contributed by atoms with Crippen LogP contribution in [0.5, 0.6) is 0 Å². The molecular weight excluding hydrogens is 563 g/mol. The average molecular weight is 589 g/mol. The Kier molecular flexibility index (Phi) is 6.34. The summed E-state index contributed by atoms with van der Waals surface area (Å²) in [5, 5.41) is 15.0. The first-order chi connectivity index (χ1) is 19.9. The molecule has 1 N–H and O–H groups in total. The molecule has 1 saturated carbocycles. The highest BCUT2D eigenvalue weighted by molar-refractivity contribution is 7.19. The molecule has 0 radical (unpaired) electrons. The van der Waals surface area contributed by atoms with Crippen LogP contribution in [0.25, 0.3) is 32.2 Å². The standard InChI is InChI=1S/C30H26ClFN6O2S/c31-19-11-18-4-10-36(17-30(16-33)5-8-34-9-6-30)26(18)23(12-19)22-3-7-35-25-13-21(41-27(22)25)14-38-28(39)24(32)15-37(29(38)40)20-1-2-20/h3-4,7,10-13,15,20,34H,1-2,5-6,8-9,14,17H2. The van der Waals surface area contributed by atoms with Crippen LogP contribution < -0.4 is 16.6 Å². The fraction of sp³-hybridized carbons (Fsp3) is 0.333. The number of nitrogens with zero attached hydrogens (tertiary/aromatic N) is 5. The molecule has 11 heteroatoms. The first-order valence-electron chi connectivity index (χ1n) is 13.7. The third-order valence-corrected chi connectivity index (χ3v) is 9.62. The highest BCUT2D eigenvalue weighted by atomic mass is 35.5. The van der Waals surface area contributed by atoms with E-state index in [2.05, 4.69) is 20.9 Å². The number of pyridine rings is 1. The van der Waals surface area contributed by atoms with Crippen LogP contribution in [0.2, 0.25) is 5.02 Å². The summed E-state index contributed by atoms with van der Waals surface area (Å²) in [7, 11) is 0. The van der Waals surface area contributed by atoms with Gasteiger partial charge in [0, 0.05) is 51.4 Å². The molecule has 8 nitrogen and oxygen atoms in total. The molecule has 1 saturated heterocycles. The molecule has 0 bridgehead atoms. The quantitative estimate of drug-likeness (QED) is 0.290. The number of nitrogens with one attached hydrogen (secondary N) is 1. The number of fused-ring (bicyclic) bond motifs is 2. The smallest absolute Gasteiger partial charge is 0.331 e. The van der Waals surface area contributed by atoms with E-state index in [4.69, 9.17) is 11.6 Å². The summed E-state index contributed by atoms with van der Waals surface area (Å²) >= 11 is 8.02. The molecule has 5 heterocycles. The Morgan fingerprint density at radius 1 is 1.17 bits per heavy atom. The van der Waals surface area contributed by atoms with Gasteiger partial charge in [0.1, 0.15) is 0 Å². The van der Waals surface area contributed by atoms with Gasteiger partial charge in [-0.3, -0.25) is 18.9 Å². The highest BCUT2D eigenvalue weighted by Crippen LogP contribution is 2.41. The van der Waals surface area contributed by atoms with E-state index in [1.807, 2.05) is 36.5 Å². The molecule has 2 fully saturated rings. The van der Waals surface area contributed by atoms with Crippen LogP contribution in [0.1, 0.15) is 36.6 Å². The zero-order valence-corrected chi connectivity index (χ0v) is 23.6. The van der Waals surface area contributed by atoms with Gasteiger partial charge in [0.15, 0.2) is 0 Å². The van der Waals surface area contributed by atoms with Crippen molar-refractivity contribution < 1.29 is 4.39 Å². The molecule has 2 aliphatic rings. The summed E-state index contributed by atoms with van der Waals surface area (Å²) in [5.41, 5.74) is 1.66. The molecule has 0 atom stereocenters. The first-order valence-corrected chi connectivity index (χ1v) is 14.8. The number of hydrogen-bond acceptors (Lipinski definition) is 6. The van der Waals surface area contributed by atoms with Crippen molar-refractivity contribution in [1.82, 2.24) is 24.0 Å². The molecule has 4 aromatic heterocycles. The van der Waals surface area contributed by atoms with Crippen molar-refractivity contribution in [3.05, 3.63) is 85.5 Å². The number of aromatic nitrogens is 4. The van der Waals surface area contributed by atoms with E-state index in [1.165, 1.54) is 15.9 Å². The maximum absolute atomic E-state index is 14.5. The van der Waals surface area contributed by atoms with E-state index in [-0.39, 0.29) is 12.6 Å². The van der Waals surface area contributed by atoms with Gasteiger partial charge in [0.25, 0.3) is 5.56 Å². The van der Waals surface area contributed by atoms with E-state index in [9.17, 15) is 19.2 Å². The summed E-state index contributed by atoms with van der Waals surface area (Å²) in [6.45, 7) is 2.16. The Hall–Kier alpha value is -3.78. The van der Waals surface area contributed by atoms with Gasteiger partial charge in [-0.2, -0.15) is 9.65 Å². The Bertz CT molecular complexity index is 1990. The second-order valence-electron chi connectivity index (χ2n) is 11.1. The van der Waals surface area contributed by atoms with Gasteiger partial charge in [0.2, 0.25) is 5.82 Å². The van der Waals surface area contributed by atoms with Gasteiger partial charge < -0.3 is 9.88 Å². The van der Waals surface area contributed by atoms with E-state index in [1.54, 1.807) is 6.20 Å². The number of thiophene rings is 1. The monoisotopic (exact) mass is 588 g/mol. The first kappa shape index (κ1) is 26.1. The minimum absolute atomic E-state index is 0.0390. The zero-order chi connectivity index (χ0) is 28.3. The molecular formula is C30H26ClFN6O2S. The van der Waals surface area contributed by atoms with Crippen LogP contribution in [-0.2, 0) is 13.1 Å². The van der Waals surface area contributed by atoms with Gasteiger partial charge in [-0.25, -0.2) is 4.79 Å². The van der Waals surface area contributed by atoms with E-state index in [0.717, 1.165) is 81.1 Å². The lowest BCUT2D eigenvalue weighted by Gasteiger charge is -2.32. The molecule has 1 aromatic carbocycles. The molecule has 1 aliphatic carbocycles. The number of halogens is 2. The fourth-order valence-corrected chi connectivity index (χ4v) is 7.32. The second kappa shape index (κ2) is 9.94. The number of rotatable bonds is 6. The molecule has 0 spiro atoms. The number of piperidine rings is 1. The molecule has 5 aromatic rings. The van der Waals surface area contributed by atoms with Crippen LogP contribution in [0, 0.1) is 22.6 Å². The van der Waals surface area contributed by atoms with E-state index >= 15 is 0 Å². The largest absolute Gasteiger partial charge is 0.345 e. The minimum atomic E-state index is -0.928. The van der Waals surface area contributed by atoms with Crippen molar-refractivity contribution in [3.8, 4) is 17.2 Å². The summed E-state index contributed by atoms with van der Waals surface area (Å²) in [6, 6.07) is 12.2. The average Bonchev–Trinajstić information content (AvgIpc) is 3.62. The van der Waals surface area contributed by atoms with Crippen LogP contribution in [0.3, 0.4) is 0 Å². The highest BCUT2D eigenvalue weighted by Gasteiger charge is 2.33. The Balaban J connectivity index is 1.34.